The lowest BCUT2D eigenvalue weighted by molar-refractivity contribution is 0.108. The number of benzene rings is 4. The molecule has 56 heavy (non-hydrogen) atoms. The van der Waals surface area contributed by atoms with Crippen LogP contribution < -0.4 is 10.5 Å². The molecule has 0 saturated carbocycles. The molecule has 8 heteroatoms. The Morgan fingerprint density at radius 1 is 0.643 bits per heavy atom. The van der Waals surface area contributed by atoms with Crippen LogP contribution in [0.1, 0.15) is 59.3 Å². The number of hydrogen-bond donors (Lipinski definition) is 1. The topological polar surface area (TPSA) is 101 Å². The molecule has 2 N–H and O–H groups in total. The maximum Gasteiger partial charge on any atom is 0.137 e. The standard InChI is InChI=1S/C48H52N4O4/c1-39(32-51-47(42-21-11-4-12-22-42)37-53-35-40-17-7-2-8-18-40)25-27-45(31-49)55-29-15-6-16-30-56-46-28-26-44(50-34-46)33-52-48(43-23-13-5-14-24-43)38-54-36-41-19-9-3-10-20-41/h2-5,7-14,17-28,31-34,47-48H,1,6,15-16,29-30,35-38,49H2/b27-25-,45-31+,51-32?,52-33?/t47-,48-/m1/s1. The molecular weight excluding hydrogens is 697 g/mol. The van der Waals surface area contributed by atoms with E-state index < -0.39 is 0 Å². The third-order valence-corrected chi connectivity index (χ3v) is 8.66. The van der Waals surface area contributed by atoms with Crippen LogP contribution in [0.5, 0.6) is 5.75 Å². The molecule has 0 radical (unpaired) electrons. The van der Waals surface area contributed by atoms with Gasteiger partial charge in [-0.3, -0.25) is 15.0 Å². The summed E-state index contributed by atoms with van der Waals surface area (Å²) in [6.45, 7) is 7.25. The first-order valence-electron chi connectivity index (χ1n) is 19.1. The van der Waals surface area contributed by atoms with Gasteiger partial charge in [0.05, 0.1) is 63.6 Å². The fraction of sp³-hybridized carbons (Fsp3) is 0.229. The minimum absolute atomic E-state index is 0.136. The number of ether oxygens (including phenoxy) is 4. The van der Waals surface area contributed by atoms with Crippen LogP contribution in [0.2, 0.25) is 0 Å². The quantitative estimate of drug-likeness (QED) is 0.0292. The fourth-order valence-corrected chi connectivity index (χ4v) is 5.58. The summed E-state index contributed by atoms with van der Waals surface area (Å²) in [4.78, 5) is 14.1. The lowest BCUT2D eigenvalue weighted by Crippen LogP contribution is -2.07. The molecule has 4 aromatic carbocycles. The lowest BCUT2D eigenvalue weighted by atomic mass is 10.1. The molecule has 0 aliphatic rings. The lowest BCUT2D eigenvalue weighted by Gasteiger charge is -2.14. The van der Waals surface area contributed by atoms with E-state index in [-0.39, 0.29) is 12.1 Å². The zero-order valence-corrected chi connectivity index (χ0v) is 31.9. The predicted octanol–water partition coefficient (Wildman–Crippen LogP) is 9.97. The van der Waals surface area contributed by atoms with Crippen molar-refractivity contribution >= 4 is 12.4 Å². The highest BCUT2D eigenvalue weighted by atomic mass is 16.5. The minimum Gasteiger partial charge on any atom is -0.492 e. The van der Waals surface area contributed by atoms with Gasteiger partial charge in [0.1, 0.15) is 11.5 Å². The Morgan fingerprint density at radius 3 is 1.75 bits per heavy atom. The Labute approximate surface area is 331 Å². The van der Waals surface area contributed by atoms with E-state index >= 15 is 0 Å². The summed E-state index contributed by atoms with van der Waals surface area (Å²) in [5.74, 6) is 1.30. The predicted molar refractivity (Wildman–Crippen MR) is 227 cm³/mol. The smallest absolute Gasteiger partial charge is 0.137 e. The molecule has 0 bridgehead atoms. The number of allylic oxidation sites excluding steroid dienone is 3. The highest BCUT2D eigenvalue weighted by molar-refractivity contribution is 5.81. The van der Waals surface area contributed by atoms with Gasteiger partial charge in [-0.25, -0.2) is 0 Å². The van der Waals surface area contributed by atoms with Crippen LogP contribution in [0.4, 0.5) is 0 Å². The summed E-state index contributed by atoms with van der Waals surface area (Å²) in [6, 6.07) is 44.1. The molecule has 288 valence electrons. The summed E-state index contributed by atoms with van der Waals surface area (Å²) >= 11 is 0. The molecule has 0 spiro atoms. The molecule has 2 atom stereocenters. The third-order valence-electron chi connectivity index (χ3n) is 8.66. The molecule has 1 heterocycles. The van der Waals surface area contributed by atoms with Crippen LogP contribution in [-0.4, -0.2) is 43.8 Å². The van der Waals surface area contributed by atoms with E-state index in [4.69, 9.17) is 34.7 Å². The third kappa shape index (κ3) is 15.3. The molecule has 0 saturated heterocycles. The summed E-state index contributed by atoms with van der Waals surface area (Å²) in [5, 5.41) is 0. The second kappa shape index (κ2) is 24.3. The van der Waals surface area contributed by atoms with Gasteiger partial charge in [-0.05, 0) is 65.3 Å². The van der Waals surface area contributed by atoms with Gasteiger partial charge in [-0.15, -0.1) is 0 Å². The van der Waals surface area contributed by atoms with Gasteiger partial charge in [0.25, 0.3) is 0 Å². The van der Waals surface area contributed by atoms with E-state index in [1.807, 2.05) is 97.1 Å². The average molecular weight is 749 g/mol. The molecule has 0 amide bonds. The Balaban J connectivity index is 0.979. The molecule has 1 aromatic heterocycles. The summed E-state index contributed by atoms with van der Waals surface area (Å²) in [6.07, 6.45) is 13.1. The zero-order chi connectivity index (χ0) is 38.9. The normalized spacial score (nSPS) is 13.0. The molecule has 8 nitrogen and oxygen atoms in total. The van der Waals surface area contributed by atoms with E-state index in [0.717, 1.165) is 58.5 Å². The molecule has 0 unspecified atom stereocenters. The van der Waals surface area contributed by atoms with E-state index in [1.165, 1.54) is 6.20 Å². The number of nitrogens with two attached hydrogens (primary N) is 1. The van der Waals surface area contributed by atoms with Gasteiger partial charge >= 0.3 is 0 Å². The van der Waals surface area contributed by atoms with Gasteiger partial charge in [0.2, 0.25) is 0 Å². The van der Waals surface area contributed by atoms with Crippen LogP contribution in [-0.2, 0) is 27.4 Å². The van der Waals surface area contributed by atoms with Crippen LogP contribution in [0.3, 0.4) is 0 Å². The highest BCUT2D eigenvalue weighted by Gasteiger charge is 2.11. The summed E-state index contributed by atoms with van der Waals surface area (Å²) < 4.78 is 23.9. The van der Waals surface area contributed by atoms with Crippen molar-refractivity contribution in [1.82, 2.24) is 4.98 Å². The first kappa shape index (κ1) is 41.1. The largest absolute Gasteiger partial charge is 0.492 e. The maximum absolute atomic E-state index is 6.02. The van der Waals surface area contributed by atoms with Gasteiger partial charge in [-0.1, -0.05) is 134 Å². The number of aliphatic imine (C=N–C) groups is 2. The zero-order valence-electron chi connectivity index (χ0n) is 31.9. The first-order chi connectivity index (χ1) is 27.7. The summed E-state index contributed by atoms with van der Waals surface area (Å²) in [5.41, 5.74) is 11.8. The van der Waals surface area contributed by atoms with Crippen molar-refractivity contribution in [2.24, 2.45) is 15.7 Å². The van der Waals surface area contributed by atoms with Gasteiger partial charge in [-0.2, -0.15) is 0 Å². The Bertz CT molecular complexity index is 1950. The monoisotopic (exact) mass is 748 g/mol. The van der Waals surface area contributed by atoms with Crippen molar-refractivity contribution in [2.75, 3.05) is 26.4 Å². The Hall–Kier alpha value is -6.09. The minimum atomic E-state index is -0.153. The Kier molecular flexibility index (Phi) is 17.9. The SMILES string of the molecule is C=C(C=N[C@H](COCc1ccccc1)c1ccccc1)/C=C\C(=C/N)OCCCCCOc1ccc(C=N[C@H](COCc2ccccc2)c2ccccc2)nc1. The van der Waals surface area contributed by atoms with Crippen molar-refractivity contribution < 1.29 is 18.9 Å². The molecule has 0 aliphatic heterocycles. The molecule has 5 rings (SSSR count). The van der Waals surface area contributed by atoms with Crippen molar-refractivity contribution in [3.05, 3.63) is 204 Å². The van der Waals surface area contributed by atoms with Crippen LogP contribution in [0.25, 0.3) is 0 Å². The van der Waals surface area contributed by atoms with Crippen LogP contribution in [0.15, 0.2) is 186 Å². The van der Waals surface area contributed by atoms with Gasteiger partial charge in [0.15, 0.2) is 0 Å². The second-order valence-electron chi connectivity index (χ2n) is 13.1. The van der Waals surface area contributed by atoms with Crippen molar-refractivity contribution in [1.29, 1.82) is 0 Å². The average Bonchev–Trinajstić information content (AvgIpc) is 3.25. The molecule has 0 fully saturated rings. The van der Waals surface area contributed by atoms with E-state index in [9.17, 15) is 0 Å². The van der Waals surface area contributed by atoms with Gasteiger partial charge < -0.3 is 24.7 Å². The number of hydrogen-bond acceptors (Lipinski definition) is 8. The highest BCUT2D eigenvalue weighted by Crippen LogP contribution is 2.20. The van der Waals surface area contributed by atoms with Crippen LogP contribution in [0, 0.1) is 0 Å². The van der Waals surface area contributed by atoms with E-state index in [1.54, 1.807) is 18.6 Å². The number of nitrogens with zero attached hydrogens (tertiary/aromatic N) is 3. The maximum atomic E-state index is 6.02. The number of aromatic nitrogens is 1. The number of unbranched alkanes of at least 4 members (excludes halogenated alkanes) is 2. The number of rotatable bonds is 24. The molecule has 0 aliphatic carbocycles. The van der Waals surface area contributed by atoms with Crippen molar-refractivity contribution in [3.8, 4) is 5.75 Å². The summed E-state index contributed by atoms with van der Waals surface area (Å²) in [7, 11) is 0. The van der Waals surface area contributed by atoms with Crippen LogP contribution >= 0.6 is 0 Å². The molecule has 5 aromatic rings. The first-order valence-corrected chi connectivity index (χ1v) is 19.1. The second-order valence-corrected chi connectivity index (χ2v) is 13.1. The Morgan fingerprint density at radius 2 is 1.20 bits per heavy atom. The molecular formula is C48H52N4O4. The van der Waals surface area contributed by atoms with Crippen molar-refractivity contribution in [2.45, 2.75) is 44.6 Å². The van der Waals surface area contributed by atoms with E-state index in [0.29, 0.717) is 45.4 Å². The van der Waals surface area contributed by atoms with Crippen molar-refractivity contribution in [3.63, 3.8) is 0 Å². The fourth-order valence-electron chi connectivity index (χ4n) is 5.58. The van der Waals surface area contributed by atoms with Gasteiger partial charge in [0, 0.05) is 18.6 Å². The van der Waals surface area contributed by atoms with E-state index in [2.05, 4.69) is 60.1 Å². The number of pyridine rings is 1.